The van der Waals surface area contributed by atoms with Crippen LogP contribution in [0.1, 0.15) is 29.8 Å². The second kappa shape index (κ2) is 10.8. The third-order valence-electron chi connectivity index (χ3n) is 5.45. The van der Waals surface area contributed by atoms with Gasteiger partial charge in [0.1, 0.15) is 12.4 Å². The van der Waals surface area contributed by atoms with Gasteiger partial charge in [-0.25, -0.2) is 4.98 Å². The van der Waals surface area contributed by atoms with Crippen molar-refractivity contribution < 1.29 is 19.4 Å². The van der Waals surface area contributed by atoms with Gasteiger partial charge in [0.2, 0.25) is 5.91 Å². The van der Waals surface area contributed by atoms with Crippen LogP contribution < -0.4 is 20.3 Å². The topological polar surface area (TPSA) is 103 Å². The molecule has 0 saturated carbocycles. The Labute approximate surface area is 192 Å². The summed E-state index contributed by atoms with van der Waals surface area (Å²) in [6, 6.07) is 14.4. The number of nitrogens with one attached hydrogen (secondary N) is 1. The molecule has 0 saturated heterocycles. The summed E-state index contributed by atoms with van der Waals surface area (Å²) in [5.41, 5.74) is 2.18. The zero-order chi connectivity index (χ0) is 24.0. The molecule has 3 aromatic rings. The van der Waals surface area contributed by atoms with Crippen molar-refractivity contribution in [1.82, 2.24) is 14.9 Å². The number of aliphatic hydroxyl groups is 1. The van der Waals surface area contributed by atoms with E-state index in [1.165, 1.54) is 4.57 Å². The lowest BCUT2D eigenvalue weighted by atomic mass is 10.1. The van der Waals surface area contributed by atoms with E-state index in [1.807, 2.05) is 43.3 Å². The van der Waals surface area contributed by atoms with Gasteiger partial charge in [0.15, 0.2) is 11.5 Å². The number of carbonyl (C=O) groups excluding carboxylic acids is 1. The molecule has 0 aliphatic rings. The predicted molar refractivity (Wildman–Crippen MR) is 126 cm³/mol. The SMILES string of the molecule is COc1ccc(C(C)NC(=O)Cn2c(-c3ccccc3)nc(C)c(CCO)c2=O)cc1OC. The minimum atomic E-state index is -0.336. The van der Waals surface area contributed by atoms with E-state index in [1.54, 1.807) is 33.3 Å². The highest BCUT2D eigenvalue weighted by Crippen LogP contribution is 2.29. The standard InChI is InChI=1S/C25H29N3O5/c1-16(19-10-11-21(32-3)22(14-19)33-4)26-23(30)15-28-24(18-8-6-5-7-9-18)27-17(2)20(12-13-29)25(28)31/h5-11,14,16,29H,12-13,15H2,1-4H3,(H,26,30). The number of aliphatic hydroxyl groups excluding tert-OH is 1. The number of rotatable bonds is 9. The summed E-state index contributed by atoms with van der Waals surface area (Å²) in [6.45, 7) is 3.21. The van der Waals surface area contributed by atoms with E-state index in [2.05, 4.69) is 10.3 Å². The molecule has 8 heteroatoms. The van der Waals surface area contributed by atoms with Gasteiger partial charge in [0.05, 0.1) is 20.3 Å². The molecule has 1 amide bonds. The molecule has 0 fully saturated rings. The fourth-order valence-electron chi connectivity index (χ4n) is 3.69. The lowest BCUT2D eigenvalue weighted by Gasteiger charge is -2.19. The van der Waals surface area contributed by atoms with Crippen LogP contribution >= 0.6 is 0 Å². The Morgan fingerprint density at radius 3 is 2.45 bits per heavy atom. The first-order chi connectivity index (χ1) is 15.9. The highest BCUT2D eigenvalue weighted by molar-refractivity contribution is 5.77. The van der Waals surface area contributed by atoms with Gasteiger partial charge in [-0.3, -0.25) is 14.2 Å². The van der Waals surface area contributed by atoms with Crippen LogP contribution in [0.15, 0.2) is 53.3 Å². The molecule has 0 bridgehead atoms. The van der Waals surface area contributed by atoms with Gasteiger partial charge in [-0.05, 0) is 31.5 Å². The highest BCUT2D eigenvalue weighted by Gasteiger charge is 2.19. The van der Waals surface area contributed by atoms with Crippen LogP contribution in [0.4, 0.5) is 0 Å². The van der Waals surface area contributed by atoms with E-state index < -0.39 is 0 Å². The van der Waals surface area contributed by atoms with Crippen LogP contribution in [0.25, 0.3) is 11.4 Å². The van der Waals surface area contributed by atoms with Crippen LogP contribution in [-0.2, 0) is 17.8 Å². The van der Waals surface area contributed by atoms with E-state index in [0.29, 0.717) is 28.6 Å². The fourth-order valence-corrected chi connectivity index (χ4v) is 3.69. The number of amides is 1. The Bertz CT molecular complexity index is 1170. The Balaban J connectivity index is 1.91. The van der Waals surface area contributed by atoms with Crippen molar-refractivity contribution in [3.63, 3.8) is 0 Å². The molecule has 0 spiro atoms. The first kappa shape index (κ1) is 24.0. The minimum Gasteiger partial charge on any atom is -0.493 e. The van der Waals surface area contributed by atoms with Gasteiger partial charge in [0.25, 0.3) is 5.56 Å². The van der Waals surface area contributed by atoms with Crippen LogP contribution in [0.2, 0.25) is 0 Å². The van der Waals surface area contributed by atoms with Crippen molar-refractivity contribution in [3.8, 4) is 22.9 Å². The van der Waals surface area contributed by atoms with Gasteiger partial charge >= 0.3 is 0 Å². The fraction of sp³-hybridized carbons (Fsp3) is 0.320. The van der Waals surface area contributed by atoms with E-state index in [-0.39, 0.29) is 37.1 Å². The molecule has 2 N–H and O–H groups in total. The van der Waals surface area contributed by atoms with E-state index in [0.717, 1.165) is 11.1 Å². The third kappa shape index (κ3) is 5.40. The Kier molecular flexibility index (Phi) is 7.84. The highest BCUT2D eigenvalue weighted by atomic mass is 16.5. The summed E-state index contributed by atoms with van der Waals surface area (Å²) in [5.74, 6) is 1.24. The van der Waals surface area contributed by atoms with Crippen molar-refractivity contribution in [2.24, 2.45) is 0 Å². The van der Waals surface area contributed by atoms with Crippen molar-refractivity contribution in [3.05, 3.63) is 75.7 Å². The average Bonchev–Trinajstić information content (AvgIpc) is 2.83. The molecule has 0 aliphatic heterocycles. The number of methoxy groups -OCH3 is 2. The largest absolute Gasteiger partial charge is 0.493 e. The quantitative estimate of drug-likeness (QED) is 0.519. The number of benzene rings is 2. The Morgan fingerprint density at radius 1 is 1.12 bits per heavy atom. The lowest BCUT2D eigenvalue weighted by Crippen LogP contribution is -2.36. The van der Waals surface area contributed by atoms with Gasteiger partial charge in [-0.2, -0.15) is 0 Å². The zero-order valence-electron chi connectivity index (χ0n) is 19.3. The molecule has 33 heavy (non-hydrogen) atoms. The predicted octanol–water partition coefficient (Wildman–Crippen LogP) is 2.65. The summed E-state index contributed by atoms with van der Waals surface area (Å²) in [7, 11) is 3.11. The maximum atomic E-state index is 13.2. The van der Waals surface area contributed by atoms with E-state index in [4.69, 9.17) is 9.47 Å². The van der Waals surface area contributed by atoms with E-state index in [9.17, 15) is 14.7 Å². The minimum absolute atomic E-state index is 0.176. The molecule has 3 rings (SSSR count). The molecule has 0 aliphatic carbocycles. The maximum absolute atomic E-state index is 13.2. The third-order valence-corrected chi connectivity index (χ3v) is 5.45. The molecule has 0 radical (unpaired) electrons. The van der Waals surface area contributed by atoms with Gasteiger partial charge < -0.3 is 19.9 Å². The van der Waals surface area contributed by atoms with Crippen molar-refractivity contribution in [2.75, 3.05) is 20.8 Å². The van der Waals surface area contributed by atoms with Crippen molar-refractivity contribution in [1.29, 1.82) is 0 Å². The van der Waals surface area contributed by atoms with E-state index >= 15 is 0 Å². The zero-order valence-corrected chi connectivity index (χ0v) is 19.3. The van der Waals surface area contributed by atoms with Crippen LogP contribution in [0, 0.1) is 6.92 Å². The summed E-state index contributed by atoms with van der Waals surface area (Å²) < 4.78 is 12.0. The molecular weight excluding hydrogens is 422 g/mol. The van der Waals surface area contributed by atoms with Gasteiger partial charge in [0, 0.05) is 29.8 Å². The summed E-state index contributed by atoms with van der Waals surface area (Å²) in [6.07, 6.45) is 0.177. The first-order valence-electron chi connectivity index (χ1n) is 10.7. The number of carbonyl (C=O) groups is 1. The van der Waals surface area contributed by atoms with Gasteiger partial charge in [-0.1, -0.05) is 36.4 Å². The second-order valence-electron chi connectivity index (χ2n) is 7.63. The smallest absolute Gasteiger partial charge is 0.257 e. The van der Waals surface area contributed by atoms with Gasteiger partial charge in [-0.15, -0.1) is 0 Å². The summed E-state index contributed by atoms with van der Waals surface area (Å²) in [4.78, 5) is 30.8. The molecule has 1 unspecified atom stereocenters. The first-order valence-corrected chi connectivity index (χ1v) is 10.7. The number of hydrogen-bond acceptors (Lipinski definition) is 6. The summed E-state index contributed by atoms with van der Waals surface area (Å²) in [5, 5.41) is 12.3. The number of aromatic nitrogens is 2. The van der Waals surface area contributed by atoms with Crippen LogP contribution in [0.5, 0.6) is 11.5 Å². The lowest BCUT2D eigenvalue weighted by molar-refractivity contribution is -0.122. The molecule has 174 valence electrons. The van der Waals surface area contributed by atoms with Crippen LogP contribution in [0.3, 0.4) is 0 Å². The average molecular weight is 452 g/mol. The van der Waals surface area contributed by atoms with Crippen molar-refractivity contribution >= 4 is 5.91 Å². The molecule has 1 atom stereocenters. The molecule has 2 aromatic carbocycles. The number of ether oxygens (including phenoxy) is 2. The Hall–Kier alpha value is -3.65. The Morgan fingerprint density at radius 2 is 1.82 bits per heavy atom. The molecule has 8 nitrogen and oxygen atoms in total. The summed E-state index contributed by atoms with van der Waals surface area (Å²) >= 11 is 0. The van der Waals surface area contributed by atoms with Crippen LogP contribution in [-0.4, -0.2) is 41.4 Å². The van der Waals surface area contributed by atoms with Crippen molar-refractivity contribution in [2.45, 2.75) is 32.9 Å². The normalized spacial score (nSPS) is 11.7. The second-order valence-corrected chi connectivity index (χ2v) is 7.63. The monoisotopic (exact) mass is 451 g/mol. The maximum Gasteiger partial charge on any atom is 0.257 e. The number of aryl methyl sites for hydroxylation is 1. The molecule has 1 aromatic heterocycles. The number of nitrogens with zero attached hydrogens (tertiary/aromatic N) is 2. The molecular formula is C25H29N3O5. The number of hydrogen-bond donors (Lipinski definition) is 2. The molecule has 1 heterocycles.